The normalized spacial score (nSPS) is 18.5. The number of β-amino-alcohol motifs (C(OH)–C–C–N with tert-alkyl or cyclic N) is 1. The Hall–Kier alpha value is -3.02. The Morgan fingerprint density at radius 3 is 2.61 bits per heavy atom. The Morgan fingerprint density at radius 1 is 1.16 bits per heavy atom. The maximum atomic E-state index is 12.7. The van der Waals surface area contributed by atoms with Gasteiger partial charge in [0, 0.05) is 58.1 Å². The molecule has 2 fully saturated rings. The highest BCUT2D eigenvalue weighted by Crippen LogP contribution is 2.31. The predicted octanol–water partition coefficient (Wildman–Crippen LogP) is -0.432. The highest BCUT2D eigenvalue weighted by atomic mass is 16.3. The summed E-state index contributed by atoms with van der Waals surface area (Å²) in [4.78, 5) is 42.1. The first-order valence-corrected chi connectivity index (χ1v) is 10.4. The number of amides is 4. The standard InChI is InChI=1S/C20H27N7O4/c1-24-18-14(19(23-24)27-6-5-16(29)22-20(27)31)3-2-4-15(18)21-17(30)13-26-9-7-25(8-10-26)11-12-28/h2-4,28H,5-13H2,1H3,(H,21,30)(H,22,29,31). The molecule has 2 aliphatic rings. The van der Waals surface area contributed by atoms with E-state index in [0.29, 0.717) is 23.6 Å². The second-order valence-corrected chi connectivity index (χ2v) is 7.79. The molecule has 2 aliphatic heterocycles. The number of aryl methyl sites for hydroxylation is 1. The number of anilines is 2. The van der Waals surface area contributed by atoms with Crippen LogP contribution in [0.5, 0.6) is 0 Å². The zero-order valence-corrected chi connectivity index (χ0v) is 17.5. The predicted molar refractivity (Wildman–Crippen MR) is 115 cm³/mol. The first kappa shape index (κ1) is 21.2. The number of urea groups is 1. The molecule has 11 nitrogen and oxygen atoms in total. The number of aliphatic hydroxyl groups is 1. The summed E-state index contributed by atoms with van der Waals surface area (Å²) in [5, 5.41) is 19.5. The largest absolute Gasteiger partial charge is 0.395 e. The summed E-state index contributed by atoms with van der Waals surface area (Å²) in [6.45, 7) is 4.55. The van der Waals surface area contributed by atoms with Crippen molar-refractivity contribution >= 4 is 40.3 Å². The minimum Gasteiger partial charge on any atom is -0.395 e. The molecule has 3 heterocycles. The fourth-order valence-electron chi connectivity index (χ4n) is 4.09. The summed E-state index contributed by atoms with van der Waals surface area (Å²) in [6.07, 6.45) is 0.214. The number of para-hydroxylation sites is 1. The van der Waals surface area contributed by atoms with Crippen molar-refractivity contribution in [2.24, 2.45) is 7.05 Å². The zero-order chi connectivity index (χ0) is 22.0. The summed E-state index contributed by atoms with van der Waals surface area (Å²) >= 11 is 0. The van der Waals surface area contributed by atoms with Gasteiger partial charge in [0.05, 0.1) is 24.4 Å². The van der Waals surface area contributed by atoms with Crippen LogP contribution >= 0.6 is 0 Å². The third-order valence-corrected chi connectivity index (χ3v) is 5.68. The summed E-state index contributed by atoms with van der Waals surface area (Å²) < 4.78 is 1.64. The number of piperazine rings is 1. The number of hydrogen-bond donors (Lipinski definition) is 3. The van der Waals surface area contributed by atoms with E-state index in [1.165, 1.54) is 4.90 Å². The molecule has 0 saturated carbocycles. The fourth-order valence-corrected chi connectivity index (χ4v) is 4.09. The van der Waals surface area contributed by atoms with Crippen molar-refractivity contribution in [2.75, 3.05) is 62.6 Å². The van der Waals surface area contributed by atoms with Gasteiger partial charge in [-0.15, -0.1) is 0 Å². The summed E-state index contributed by atoms with van der Waals surface area (Å²) in [5.74, 6) is 0.0393. The smallest absolute Gasteiger partial charge is 0.329 e. The molecule has 1 aromatic heterocycles. The highest BCUT2D eigenvalue weighted by molar-refractivity contribution is 6.11. The number of carbonyl (C=O) groups is 3. The average molecular weight is 429 g/mol. The molecule has 0 atom stereocenters. The number of nitrogens with one attached hydrogen (secondary N) is 2. The van der Waals surface area contributed by atoms with Crippen molar-refractivity contribution in [1.82, 2.24) is 24.9 Å². The number of nitrogens with zero attached hydrogens (tertiary/aromatic N) is 5. The molecule has 2 saturated heterocycles. The van der Waals surface area contributed by atoms with Crippen LogP contribution in [-0.4, -0.2) is 95.0 Å². The molecule has 0 bridgehead atoms. The van der Waals surface area contributed by atoms with Gasteiger partial charge >= 0.3 is 6.03 Å². The number of benzene rings is 1. The topological polar surface area (TPSA) is 123 Å². The second kappa shape index (κ2) is 9.00. The molecular formula is C20H27N7O4. The molecule has 1 aromatic carbocycles. The van der Waals surface area contributed by atoms with Crippen molar-refractivity contribution in [1.29, 1.82) is 0 Å². The van der Waals surface area contributed by atoms with Gasteiger partial charge in [0.15, 0.2) is 5.82 Å². The lowest BCUT2D eigenvalue weighted by atomic mass is 10.2. The molecule has 166 valence electrons. The van der Waals surface area contributed by atoms with Crippen LogP contribution in [0.25, 0.3) is 10.9 Å². The SMILES string of the molecule is Cn1nc(N2CCC(=O)NC2=O)c2cccc(NC(=O)CN3CCN(CCO)CC3)c21. The van der Waals surface area contributed by atoms with Crippen molar-refractivity contribution < 1.29 is 19.5 Å². The number of rotatable bonds is 6. The fraction of sp³-hybridized carbons (Fsp3) is 0.500. The van der Waals surface area contributed by atoms with Crippen LogP contribution in [-0.2, 0) is 16.6 Å². The molecule has 0 unspecified atom stereocenters. The average Bonchev–Trinajstić information content (AvgIpc) is 3.07. The molecule has 4 rings (SSSR count). The molecule has 31 heavy (non-hydrogen) atoms. The molecule has 11 heteroatoms. The minimum absolute atomic E-state index is 0.118. The quantitative estimate of drug-likeness (QED) is 0.569. The number of aromatic nitrogens is 2. The van der Waals surface area contributed by atoms with Crippen molar-refractivity contribution in [3.8, 4) is 0 Å². The monoisotopic (exact) mass is 429 g/mol. The van der Waals surface area contributed by atoms with E-state index < -0.39 is 6.03 Å². The Bertz CT molecular complexity index is 997. The first-order valence-electron chi connectivity index (χ1n) is 10.4. The summed E-state index contributed by atoms with van der Waals surface area (Å²) in [5.41, 5.74) is 1.33. The Kier molecular flexibility index (Phi) is 6.16. The number of hydrogen-bond acceptors (Lipinski definition) is 7. The van der Waals surface area contributed by atoms with Crippen molar-refractivity contribution in [3.63, 3.8) is 0 Å². The molecule has 0 aliphatic carbocycles. The first-order chi connectivity index (χ1) is 15.0. The van der Waals surface area contributed by atoms with E-state index in [-0.39, 0.29) is 37.9 Å². The van der Waals surface area contributed by atoms with Crippen LogP contribution < -0.4 is 15.5 Å². The molecule has 4 amide bonds. The Labute approximate surface area is 179 Å². The Morgan fingerprint density at radius 2 is 1.90 bits per heavy atom. The van der Waals surface area contributed by atoms with Gasteiger partial charge in [-0.2, -0.15) is 5.10 Å². The van der Waals surface area contributed by atoms with Gasteiger partial charge in [0.25, 0.3) is 0 Å². The van der Waals surface area contributed by atoms with Gasteiger partial charge in [-0.3, -0.25) is 34.3 Å². The molecular weight excluding hydrogens is 402 g/mol. The molecule has 2 aromatic rings. The lowest BCUT2D eigenvalue weighted by Gasteiger charge is -2.33. The maximum Gasteiger partial charge on any atom is 0.329 e. The van der Waals surface area contributed by atoms with Gasteiger partial charge in [-0.05, 0) is 12.1 Å². The van der Waals surface area contributed by atoms with E-state index in [9.17, 15) is 14.4 Å². The second-order valence-electron chi connectivity index (χ2n) is 7.79. The van der Waals surface area contributed by atoms with Crippen LogP contribution in [0.4, 0.5) is 16.3 Å². The van der Waals surface area contributed by atoms with Crippen molar-refractivity contribution in [2.45, 2.75) is 6.42 Å². The number of aliphatic hydroxyl groups excluding tert-OH is 1. The van der Waals surface area contributed by atoms with E-state index in [0.717, 1.165) is 31.6 Å². The Balaban J connectivity index is 1.47. The molecule has 0 spiro atoms. The van der Waals surface area contributed by atoms with Crippen molar-refractivity contribution in [3.05, 3.63) is 18.2 Å². The van der Waals surface area contributed by atoms with Gasteiger partial charge in [0.1, 0.15) is 0 Å². The third kappa shape index (κ3) is 4.53. The van der Waals surface area contributed by atoms with E-state index in [1.54, 1.807) is 11.7 Å². The van der Waals surface area contributed by atoms with Crippen LogP contribution in [0.2, 0.25) is 0 Å². The third-order valence-electron chi connectivity index (χ3n) is 5.68. The van der Waals surface area contributed by atoms with Gasteiger partial charge in [-0.1, -0.05) is 6.07 Å². The summed E-state index contributed by atoms with van der Waals surface area (Å²) in [7, 11) is 1.76. The van der Waals surface area contributed by atoms with E-state index in [4.69, 9.17) is 5.11 Å². The highest BCUT2D eigenvalue weighted by Gasteiger charge is 2.28. The minimum atomic E-state index is -0.494. The van der Waals surface area contributed by atoms with Crippen LogP contribution in [0.15, 0.2) is 18.2 Å². The zero-order valence-electron chi connectivity index (χ0n) is 17.5. The van der Waals surface area contributed by atoms with Crippen LogP contribution in [0.1, 0.15) is 6.42 Å². The number of carbonyl (C=O) groups excluding carboxylic acids is 3. The van der Waals surface area contributed by atoms with E-state index >= 15 is 0 Å². The van der Waals surface area contributed by atoms with Gasteiger partial charge < -0.3 is 10.4 Å². The lowest BCUT2D eigenvalue weighted by Crippen LogP contribution is -2.49. The van der Waals surface area contributed by atoms with Gasteiger partial charge in [0.2, 0.25) is 11.8 Å². The molecule has 3 N–H and O–H groups in total. The van der Waals surface area contributed by atoms with Crippen LogP contribution in [0.3, 0.4) is 0 Å². The van der Waals surface area contributed by atoms with Gasteiger partial charge in [-0.25, -0.2) is 4.79 Å². The van der Waals surface area contributed by atoms with Crippen LogP contribution in [0, 0.1) is 0 Å². The maximum absolute atomic E-state index is 12.7. The number of imide groups is 1. The lowest BCUT2D eigenvalue weighted by molar-refractivity contribution is -0.120. The molecule has 0 radical (unpaired) electrons. The summed E-state index contributed by atoms with van der Waals surface area (Å²) in [6, 6.07) is 4.97. The number of fused-ring (bicyclic) bond motifs is 1. The van der Waals surface area contributed by atoms with E-state index in [2.05, 4.69) is 25.5 Å². The van der Waals surface area contributed by atoms with E-state index in [1.807, 2.05) is 18.2 Å².